The van der Waals surface area contributed by atoms with Crippen LogP contribution in [0, 0.1) is 0 Å². The fourth-order valence-corrected chi connectivity index (χ4v) is 3.49. The predicted molar refractivity (Wildman–Crippen MR) is 116 cm³/mol. The lowest BCUT2D eigenvalue weighted by Crippen LogP contribution is -2.60. The van der Waals surface area contributed by atoms with E-state index in [1.165, 1.54) is 4.90 Å². The third kappa shape index (κ3) is 5.84. The number of piperazine rings is 1. The summed E-state index contributed by atoms with van der Waals surface area (Å²) >= 11 is 0. The molecule has 1 N–H and O–H groups in total. The van der Waals surface area contributed by atoms with Crippen LogP contribution in [0.15, 0.2) is 54.6 Å². The summed E-state index contributed by atoms with van der Waals surface area (Å²) < 4.78 is 11.0. The molecular weight excluding hydrogens is 396 g/mol. The molecule has 164 valence electrons. The van der Waals surface area contributed by atoms with Crippen LogP contribution in [0.4, 0.5) is 0 Å². The quantitative estimate of drug-likeness (QED) is 0.691. The van der Waals surface area contributed by atoms with Crippen LogP contribution in [0.5, 0.6) is 5.75 Å². The molecule has 0 bridgehead atoms. The maximum atomic E-state index is 13.0. The van der Waals surface area contributed by atoms with E-state index in [2.05, 4.69) is 5.32 Å². The van der Waals surface area contributed by atoms with Crippen molar-refractivity contribution < 1.29 is 23.9 Å². The van der Waals surface area contributed by atoms with Crippen molar-refractivity contribution >= 4 is 17.8 Å². The van der Waals surface area contributed by atoms with Gasteiger partial charge in [-0.05, 0) is 44.0 Å². The molecule has 0 aliphatic carbocycles. The van der Waals surface area contributed by atoms with Crippen LogP contribution in [0.25, 0.3) is 11.1 Å². The summed E-state index contributed by atoms with van der Waals surface area (Å²) in [5, 5.41) is 2.70. The fourth-order valence-electron chi connectivity index (χ4n) is 3.49. The van der Waals surface area contributed by atoms with E-state index in [0.717, 1.165) is 11.1 Å². The van der Waals surface area contributed by atoms with Gasteiger partial charge in [0.15, 0.2) is 6.10 Å². The summed E-state index contributed by atoms with van der Waals surface area (Å²) in [6.07, 6.45) is -1.28. The Labute approximate surface area is 182 Å². The maximum absolute atomic E-state index is 13.0. The highest BCUT2D eigenvalue weighted by Crippen LogP contribution is 2.23. The van der Waals surface area contributed by atoms with Crippen molar-refractivity contribution in [3.05, 3.63) is 54.6 Å². The first kappa shape index (κ1) is 22.3. The molecule has 2 unspecified atom stereocenters. The van der Waals surface area contributed by atoms with Crippen LogP contribution in [-0.4, -0.2) is 54.0 Å². The summed E-state index contributed by atoms with van der Waals surface area (Å²) in [6.45, 7) is 5.76. The monoisotopic (exact) mass is 424 g/mol. The molecule has 2 aromatic rings. The Balaban J connectivity index is 1.66. The van der Waals surface area contributed by atoms with Gasteiger partial charge in [-0.15, -0.1) is 0 Å². The smallest absolute Gasteiger partial charge is 0.308 e. The van der Waals surface area contributed by atoms with E-state index in [1.807, 2.05) is 54.6 Å². The minimum absolute atomic E-state index is 0.186. The zero-order chi connectivity index (χ0) is 22.4. The number of ether oxygens (including phenoxy) is 2. The molecule has 0 saturated carbocycles. The van der Waals surface area contributed by atoms with Crippen molar-refractivity contribution in [2.75, 3.05) is 13.1 Å². The van der Waals surface area contributed by atoms with Gasteiger partial charge in [0.2, 0.25) is 5.91 Å². The van der Waals surface area contributed by atoms with Gasteiger partial charge in [0, 0.05) is 13.1 Å². The second kappa shape index (κ2) is 10.1. The van der Waals surface area contributed by atoms with Crippen LogP contribution >= 0.6 is 0 Å². The van der Waals surface area contributed by atoms with Crippen LogP contribution in [0.3, 0.4) is 0 Å². The Kier molecular flexibility index (Phi) is 7.28. The van der Waals surface area contributed by atoms with Crippen molar-refractivity contribution in [3.63, 3.8) is 0 Å². The van der Waals surface area contributed by atoms with Gasteiger partial charge >= 0.3 is 5.97 Å². The summed E-state index contributed by atoms with van der Waals surface area (Å²) in [7, 11) is 0. The number of amides is 2. The van der Waals surface area contributed by atoms with Gasteiger partial charge in [-0.25, -0.2) is 0 Å². The average Bonchev–Trinajstić information content (AvgIpc) is 2.75. The fraction of sp³-hybridized carbons (Fsp3) is 0.375. The number of esters is 1. The summed E-state index contributed by atoms with van der Waals surface area (Å²) in [5.41, 5.74) is 2.14. The van der Waals surface area contributed by atoms with Crippen LogP contribution < -0.4 is 10.1 Å². The minimum Gasteiger partial charge on any atom is -0.481 e. The van der Waals surface area contributed by atoms with E-state index >= 15 is 0 Å². The number of benzene rings is 2. The minimum atomic E-state index is -0.904. The van der Waals surface area contributed by atoms with Crippen molar-refractivity contribution in [1.29, 1.82) is 0 Å². The maximum Gasteiger partial charge on any atom is 0.308 e. The highest BCUT2D eigenvalue weighted by Gasteiger charge is 2.37. The molecule has 7 heteroatoms. The zero-order valence-corrected chi connectivity index (χ0v) is 18.0. The number of carbonyl (C=O) groups excluding carboxylic acids is 3. The Morgan fingerprint density at radius 2 is 1.68 bits per heavy atom. The van der Waals surface area contributed by atoms with E-state index in [9.17, 15) is 14.4 Å². The molecule has 0 aromatic heterocycles. The number of carbonyl (C=O) groups is 3. The molecule has 3 rings (SSSR count). The normalized spacial score (nSPS) is 17.1. The van der Waals surface area contributed by atoms with Crippen molar-refractivity contribution in [2.45, 2.75) is 45.4 Å². The summed E-state index contributed by atoms with van der Waals surface area (Å²) in [5.74, 6) is -0.665. The molecule has 0 spiro atoms. The van der Waals surface area contributed by atoms with Gasteiger partial charge in [-0.3, -0.25) is 14.4 Å². The molecule has 2 amide bonds. The molecule has 1 saturated heterocycles. The first-order valence-corrected chi connectivity index (χ1v) is 10.4. The number of hydrogen-bond acceptors (Lipinski definition) is 5. The van der Waals surface area contributed by atoms with Crippen molar-refractivity contribution in [3.8, 4) is 16.9 Å². The molecule has 2 aromatic carbocycles. The SMILES string of the molecule is CC(C)OC(=O)CC1C(=O)NCCN1C(=O)C(C)Oc1ccc(-c2ccccc2)cc1. The topological polar surface area (TPSA) is 84.9 Å². The van der Waals surface area contributed by atoms with E-state index < -0.39 is 18.1 Å². The van der Waals surface area contributed by atoms with E-state index in [1.54, 1.807) is 20.8 Å². The largest absolute Gasteiger partial charge is 0.481 e. The highest BCUT2D eigenvalue weighted by molar-refractivity contribution is 5.93. The molecule has 31 heavy (non-hydrogen) atoms. The summed E-state index contributed by atoms with van der Waals surface area (Å²) in [6, 6.07) is 16.5. The number of nitrogens with zero attached hydrogens (tertiary/aromatic N) is 1. The molecule has 0 radical (unpaired) electrons. The summed E-state index contributed by atoms with van der Waals surface area (Å²) in [4.78, 5) is 38.8. The van der Waals surface area contributed by atoms with E-state index in [4.69, 9.17) is 9.47 Å². The number of hydrogen-bond donors (Lipinski definition) is 1. The average molecular weight is 424 g/mol. The Hall–Kier alpha value is -3.35. The van der Waals surface area contributed by atoms with Gasteiger partial charge < -0.3 is 19.7 Å². The van der Waals surface area contributed by atoms with Gasteiger partial charge in [0.25, 0.3) is 5.91 Å². The molecule has 1 fully saturated rings. The van der Waals surface area contributed by atoms with E-state index in [-0.39, 0.29) is 24.3 Å². The molecule has 7 nitrogen and oxygen atoms in total. The van der Waals surface area contributed by atoms with Gasteiger partial charge in [0.05, 0.1) is 12.5 Å². The Bertz CT molecular complexity index is 911. The highest BCUT2D eigenvalue weighted by atomic mass is 16.5. The molecule has 1 aliphatic heterocycles. The first-order chi connectivity index (χ1) is 14.8. The third-order valence-corrected chi connectivity index (χ3v) is 4.96. The van der Waals surface area contributed by atoms with Crippen LogP contribution in [0.2, 0.25) is 0 Å². The lowest BCUT2D eigenvalue weighted by molar-refractivity contribution is -0.156. The van der Waals surface area contributed by atoms with E-state index in [0.29, 0.717) is 18.8 Å². The number of nitrogens with one attached hydrogen (secondary N) is 1. The molecule has 2 atom stereocenters. The second-order valence-corrected chi connectivity index (χ2v) is 7.73. The third-order valence-electron chi connectivity index (χ3n) is 4.96. The van der Waals surface area contributed by atoms with Crippen LogP contribution in [-0.2, 0) is 19.1 Å². The zero-order valence-electron chi connectivity index (χ0n) is 18.0. The molecule has 1 heterocycles. The lowest BCUT2D eigenvalue weighted by Gasteiger charge is -2.36. The van der Waals surface area contributed by atoms with Crippen LogP contribution in [0.1, 0.15) is 27.2 Å². The van der Waals surface area contributed by atoms with Crippen molar-refractivity contribution in [2.24, 2.45) is 0 Å². The Morgan fingerprint density at radius 1 is 1.03 bits per heavy atom. The lowest BCUT2D eigenvalue weighted by atomic mass is 10.1. The predicted octanol–water partition coefficient (Wildman–Crippen LogP) is 2.79. The molecular formula is C24H28N2O5. The number of rotatable bonds is 7. The van der Waals surface area contributed by atoms with Crippen molar-refractivity contribution in [1.82, 2.24) is 10.2 Å². The standard InChI is InChI=1S/C24H28N2O5/c1-16(2)30-22(27)15-21-23(28)25-13-14-26(21)24(29)17(3)31-20-11-9-19(10-12-20)18-7-5-4-6-8-18/h4-12,16-17,21H,13-15H2,1-3H3,(H,25,28). The second-order valence-electron chi connectivity index (χ2n) is 7.73. The van der Waals surface area contributed by atoms with Gasteiger partial charge in [-0.2, -0.15) is 0 Å². The van der Waals surface area contributed by atoms with Gasteiger partial charge in [-0.1, -0.05) is 42.5 Å². The Morgan fingerprint density at radius 3 is 2.32 bits per heavy atom. The first-order valence-electron chi connectivity index (χ1n) is 10.4. The van der Waals surface area contributed by atoms with Gasteiger partial charge in [0.1, 0.15) is 11.8 Å². The molecule has 1 aliphatic rings.